The highest BCUT2D eigenvalue weighted by molar-refractivity contribution is 7.90. The molecule has 1 aliphatic rings. The first-order valence-corrected chi connectivity index (χ1v) is 11.3. The summed E-state index contributed by atoms with van der Waals surface area (Å²) >= 11 is 0. The maximum Gasteiger partial charge on any atom is 0.175 e. The van der Waals surface area contributed by atoms with E-state index < -0.39 is 9.84 Å². The molecule has 148 valence electrons. The minimum Gasteiger partial charge on any atom is -0.371 e. The first kappa shape index (κ1) is 19.2. The third-order valence-corrected chi connectivity index (χ3v) is 6.31. The SMILES string of the molecule is CS(=O)(=O)c1ccc(Nc2cc3c(N4CCC(C#N)CC4)ccnc3cn2)cc1. The minimum atomic E-state index is -3.22. The average Bonchev–Trinajstić information content (AvgIpc) is 2.73. The molecule has 8 heteroatoms. The molecule has 2 aromatic heterocycles. The molecule has 1 aliphatic heterocycles. The van der Waals surface area contributed by atoms with Crippen molar-refractivity contribution in [3.63, 3.8) is 0 Å². The van der Waals surface area contributed by atoms with Crippen molar-refractivity contribution in [1.82, 2.24) is 9.97 Å². The molecule has 0 radical (unpaired) electrons. The topological polar surface area (TPSA) is 99.0 Å². The number of piperidine rings is 1. The van der Waals surface area contributed by atoms with Gasteiger partial charge in [-0.2, -0.15) is 5.26 Å². The van der Waals surface area contributed by atoms with Crippen molar-refractivity contribution in [2.45, 2.75) is 17.7 Å². The van der Waals surface area contributed by atoms with Crippen molar-refractivity contribution in [1.29, 1.82) is 5.26 Å². The summed E-state index contributed by atoms with van der Waals surface area (Å²) in [6, 6.07) is 12.9. The van der Waals surface area contributed by atoms with E-state index in [1.54, 1.807) is 36.7 Å². The summed E-state index contributed by atoms with van der Waals surface area (Å²) in [5.74, 6) is 0.791. The summed E-state index contributed by atoms with van der Waals surface area (Å²) in [7, 11) is -3.22. The highest BCUT2D eigenvalue weighted by Gasteiger charge is 2.20. The molecule has 0 amide bonds. The van der Waals surface area contributed by atoms with E-state index in [1.165, 1.54) is 6.26 Å². The molecule has 0 unspecified atom stereocenters. The number of benzene rings is 1. The van der Waals surface area contributed by atoms with E-state index in [-0.39, 0.29) is 10.8 Å². The van der Waals surface area contributed by atoms with Gasteiger partial charge >= 0.3 is 0 Å². The van der Waals surface area contributed by atoms with E-state index in [0.717, 1.165) is 48.2 Å². The van der Waals surface area contributed by atoms with Crippen LogP contribution in [0.5, 0.6) is 0 Å². The van der Waals surface area contributed by atoms with E-state index in [0.29, 0.717) is 5.82 Å². The zero-order chi connectivity index (χ0) is 20.4. The van der Waals surface area contributed by atoms with E-state index in [1.807, 2.05) is 12.1 Å². The third kappa shape index (κ3) is 4.15. The number of hydrogen-bond acceptors (Lipinski definition) is 7. The van der Waals surface area contributed by atoms with Gasteiger partial charge < -0.3 is 10.2 Å². The Morgan fingerprint density at radius 1 is 1.14 bits per heavy atom. The lowest BCUT2D eigenvalue weighted by Crippen LogP contribution is -2.33. The van der Waals surface area contributed by atoms with Crippen molar-refractivity contribution >= 4 is 37.9 Å². The van der Waals surface area contributed by atoms with Gasteiger partial charge in [0.25, 0.3) is 0 Å². The van der Waals surface area contributed by atoms with Crippen LogP contribution in [-0.2, 0) is 9.84 Å². The summed E-state index contributed by atoms with van der Waals surface area (Å²) in [5.41, 5.74) is 2.65. The van der Waals surface area contributed by atoms with Crippen LogP contribution < -0.4 is 10.2 Å². The van der Waals surface area contributed by atoms with Crippen LogP contribution in [0.3, 0.4) is 0 Å². The van der Waals surface area contributed by atoms with E-state index in [9.17, 15) is 8.42 Å². The van der Waals surface area contributed by atoms with Gasteiger partial charge in [-0.15, -0.1) is 0 Å². The standard InChI is InChI=1S/C21H21N5O2S/c1-29(27,28)17-4-2-16(3-5-17)25-21-12-18-19(14-24-21)23-9-6-20(18)26-10-7-15(13-22)8-11-26/h2-6,9,12,14-15H,7-8,10-11H2,1H3,(H,24,25). The van der Waals surface area contributed by atoms with Crippen molar-refractivity contribution < 1.29 is 8.42 Å². The molecule has 1 saturated heterocycles. The molecule has 3 aromatic rings. The summed E-state index contributed by atoms with van der Waals surface area (Å²) in [4.78, 5) is 11.4. The average molecular weight is 407 g/mol. The van der Waals surface area contributed by atoms with E-state index >= 15 is 0 Å². The number of nitriles is 1. The number of nitrogens with zero attached hydrogens (tertiary/aromatic N) is 4. The Kier molecular flexibility index (Phi) is 5.07. The van der Waals surface area contributed by atoms with Crippen LogP contribution in [-0.4, -0.2) is 37.7 Å². The lowest BCUT2D eigenvalue weighted by atomic mass is 9.98. The molecule has 0 bridgehead atoms. The highest BCUT2D eigenvalue weighted by Crippen LogP contribution is 2.30. The Hall–Kier alpha value is -3.18. The van der Waals surface area contributed by atoms with Crippen molar-refractivity contribution in [3.8, 4) is 6.07 Å². The van der Waals surface area contributed by atoms with Gasteiger partial charge in [0.15, 0.2) is 9.84 Å². The molecule has 1 N–H and O–H groups in total. The molecule has 0 spiro atoms. The van der Waals surface area contributed by atoms with Crippen molar-refractivity contribution in [2.24, 2.45) is 5.92 Å². The molecule has 3 heterocycles. The number of aromatic nitrogens is 2. The highest BCUT2D eigenvalue weighted by atomic mass is 32.2. The second-order valence-electron chi connectivity index (χ2n) is 7.23. The van der Waals surface area contributed by atoms with Gasteiger partial charge in [-0.25, -0.2) is 13.4 Å². The Bertz CT molecular complexity index is 1180. The van der Waals surface area contributed by atoms with Crippen LogP contribution in [0.15, 0.2) is 53.7 Å². The molecule has 1 fully saturated rings. The van der Waals surface area contributed by atoms with E-state index in [4.69, 9.17) is 5.26 Å². The molecule has 4 rings (SSSR count). The molecule has 0 aliphatic carbocycles. The molecule has 7 nitrogen and oxygen atoms in total. The van der Waals surface area contributed by atoms with Crippen molar-refractivity contribution in [2.75, 3.05) is 29.6 Å². The second kappa shape index (κ2) is 7.68. The van der Waals surface area contributed by atoms with Gasteiger partial charge in [0, 0.05) is 48.2 Å². The van der Waals surface area contributed by atoms with Gasteiger partial charge in [0.1, 0.15) is 5.82 Å². The summed E-state index contributed by atoms with van der Waals surface area (Å²) in [6.45, 7) is 1.69. The van der Waals surface area contributed by atoms with Gasteiger partial charge in [0.2, 0.25) is 0 Å². The number of rotatable bonds is 4. The monoisotopic (exact) mass is 407 g/mol. The first-order valence-electron chi connectivity index (χ1n) is 9.40. The predicted octanol–water partition coefficient (Wildman–Crippen LogP) is 3.52. The predicted molar refractivity (Wildman–Crippen MR) is 113 cm³/mol. The smallest absolute Gasteiger partial charge is 0.175 e. The van der Waals surface area contributed by atoms with Crippen LogP contribution in [0.25, 0.3) is 10.9 Å². The minimum absolute atomic E-state index is 0.133. The molecular weight excluding hydrogens is 386 g/mol. The number of anilines is 3. The van der Waals surface area contributed by atoms with Crippen LogP contribution in [0, 0.1) is 17.2 Å². The Labute approximate surface area is 169 Å². The lowest BCUT2D eigenvalue weighted by Gasteiger charge is -2.31. The Morgan fingerprint density at radius 2 is 1.86 bits per heavy atom. The van der Waals surface area contributed by atoms with Gasteiger partial charge in [0.05, 0.1) is 22.7 Å². The number of sulfone groups is 1. The second-order valence-corrected chi connectivity index (χ2v) is 9.24. The number of hydrogen-bond donors (Lipinski definition) is 1. The van der Waals surface area contributed by atoms with Crippen LogP contribution in [0.1, 0.15) is 12.8 Å². The number of fused-ring (bicyclic) bond motifs is 1. The number of nitrogens with one attached hydrogen (secondary N) is 1. The maximum atomic E-state index is 11.6. The van der Waals surface area contributed by atoms with Gasteiger partial charge in [-0.05, 0) is 49.2 Å². The van der Waals surface area contributed by atoms with Gasteiger partial charge in [-0.1, -0.05) is 0 Å². The first-order chi connectivity index (χ1) is 13.9. The molecule has 29 heavy (non-hydrogen) atoms. The Morgan fingerprint density at radius 3 is 2.52 bits per heavy atom. The van der Waals surface area contributed by atoms with Crippen LogP contribution in [0.4, 0.5) is 17.2 Å². The normalized spacial score (nSPS) is 15.2. The summed E-state index contributed by atoms with van der Waals surface area (Å²) in [6.07, 6.45) is 6.43. The molecule has 0 saturated carbocycles. The van der Waals surface area contributed by atoms with Crippen LogP contribution >= 0.6 is 0 Å². The number of pyridine rings is 2. The summed E-state index contributed by atoms with van der Waals surface area (Å²) < 4.78 is 23.2. The van der Waals surface area contributed by atoms with Gasteiger partial charge in [-0.3, -0.25) is 4.98 Å². The maximum absolute atomic E-state index is 11.6. The molecule has 1 aromatic carbocycles. The van der Waals surface area contributed by atoms with Crippen molar-refractivity contribution in [3.05, 3.63) is 48.8 Å². The third-order valence-electron chi connectivity index (χ3n) is 5.18. The van der Waals surface area contributed by atoms with Crippen LogP contribution in [0.2, 0.25) is 0 Å². The molecular formula is C21H21N5O2S. The quantitative estimate of drug-likeness (QED) is 0.706. The lowest BCUT2D eigenvalue weighted by molar-refractivity contribution is 0.488. The largest absolute Gasteiger partial charge is 0.371 e. The Balaban J connectivity index is 1.61. The zero-order valence-electron chi connectivity index (χ0n) is 16.0. The fourth-order valence-electron chi connectivity index (χ4n) is 3.56. The fraction of sp³-hybridized carbons (Fsp3) is 0.286. The fourth-order valence-corrected chi connectivity index (χ4v) is 4.19. The molecule has 0 atom stereocenters. The van der Waals surface area contributed by atoms with E-state index in [2.05, 4.69) is 26.3 Å². The zero-order valence-corrected chi connectivity index (χ0v) is 16.9. The summed E-state index contributed by atoms with van der Waals surface area (Å²) in [5, 5.41) is 13.3.